The van der Waals surface area contributed by atoms with Crippen LogP contribution < -0.4 is 11.0 Å². The SMILES string of the molecule is Cc1nn(Cc2ccccc2Cl)c(C)c1/C=N\NC(=O)Cn1ccccc1=O. The molecule has 0 bridgehead atoms. The van der Waals surface area contributed by atoms with E-state index in [1.165, 1.54) is 10.6 Å². The summed E-state index contributed by atoms with van der Waals surface area (Å²) < 4.78 is 3.16. The molecule has 2 aromatic heterocycles. The van der Waals surface area contributed by atoms with Crippen molar-refractivity contribution >= 4 is 23.7 Å². The molecular weight excluding hydrogens is 378 g/mol. The Bertz CT molecular complexity index is 1080. The van der Waals surface area contributed by atoms with Crippen molar-refractivity contribution in [1.29, 1.82) is 0 Å². The topological polar surface area (TPSA) is 81.3 Å². The number of nitrogens with one attached hydrogen (secondary N) is 1. The van der Waals surface area contributed by atoms with Gasteiger partial charge in [-0.25, -0.2) is 5.43 Å². The smallest absolute Gasteiger partial charge is 0.260 e. The van der Waals surface area contributed by atoms with Crippen LogP contribution in [0.5, 0.6) is 0 Å². The van der Waals surface area contributed by atoms with Crippen LogP contribution in [-0.2, 0) is 17.9 Å². The van der Waals surface area contributed by atoms with E-state index in [1.807, 2.05) is 42.8 Å². The van der Waals surface area contributed by atoms with E-state index >= 15 is 0 Å². The molecule has 0 saturated carbocycles. The van der Waals surface area contributed by atoms with Gasteiger partial charge in [-0.3, -0.25) is 14.3 Å². The zero-order valence-electron chi connectivity index (χ0n) is 15.6. The van der Waals surface area contributed by atoms with E-state index in [9.17, 15) is 9.59 Å². The molecule has 0 saturated heterocycles. The number of hydrogen-bond acceptors (Lipinski definition) is 4. The molecule has 3 aromatic rings. The summed E-state index contributed by atoms with van der Waals surface area (Å²) in [6, 6.07) is 12.3. The van der Waals surface area contributed by atoms with Crippen LogP contribution in [0.1, 0.15) is 22.5 Å². The number of aromatic nitrogens is 3. The van der Waals surface area contributed by atoms with Gasteiger partial charge in [0.05, 0.1) is 18.5 Å². The highest BCUT2D eigenvalue weighted by molar-refractivity contribution is 6.31. The van der Waals surface area contributed by atoms with E-state index in [-0.39, 0.29) is 18.0 Å². The minimum atomic E-state index is -0.386. The molecular formula is C20H20ClN5O2. The second kappa shape index (κ2) is 8.67. The number of rotatable bonds is 6. The molecule has 0 aliphatic rings. The number of aryl methyl sites for hydroxylation is 1. The van der Waals surface area contributed by atoms with Crippen LogP contribution >= 0.6 is 11.6 Å². The molecule has 1 aromatic carbocycles. The highest BCUT2D eigenvalue weighted by Crippen LogP contribution is 2.18. The molecule has 144 valence electrons. The average molecular weight is 398 g/mol. The van der Waals surface area contributed by atoms with Crippen LogP contribution in [0, 0.1) is 13.8 Å². The van der Waals surface area contributed by atoms with Crippen LogP contribution in [0.15, 0.2) is 58.6 Å². The van der Waals surface area contributed by atoms with Crippen molar-refractivity contribution in [3.05, 3.63) is 86.6 Å². The number of hydrogen-bond donors (Lipinski definition) is 1. The highest BCUT2D eigenvalue weighted by Gasteiger charge is 2.11. The minimum Gasteiger partial charge on any atom is -0.306 e. The molecule has 3 rings (SSSR count). The van der Waals surface area contributed by atoms with Crippen molar-refractivity contribution in [3.63, 3.8) is 0 Å². The maximum absolute atomic E-state index is 12.0. The number of carbonyl (C=O) groups excluding carboxylic acids is 1. The zero-order chi connectivity index (χ0) is 20.1. The van der Waals surface area contributed by atoms with Gasteiger partial charge < -0.3 is 4.57 Å². The van der Waals surface area contributed by atoms with E-state index in [1.54, 1.807) is 24.5 Å². The molecule has 28 heavy (non-hydrogen) atoms. The number of hydrazone groups is 1. The first-order valence-electron chi connectivity index (χ1n) is 8.70. The van der Waals surface area contributed by atoms with Crippen LogP contribution in [0.3, 0.4) is 0 Å². The van der Waals surface area contributed by atoms with Crippen molar-refractivity contribution in [2.24, 2.45) is 5.10 Å². The van der Waals surface area contributed by atoms with Crippen molar-refractivity contribution in [2.45, 2.75) is 26.9 Å². The number of pyridine rings is 1. The van der Waals surface area contributed by atoms with Crippen molar-refractivity contribution in [1.82, 2.24) is 19.8 Å². The third-order valence-corrected chi connectivity index (χ3v) is 4.68. The lowest BCUT2D eigenvalue weighted by atomic mass is 10.2. The Morgan fingerprint density at radius 1 is 1.21 bits per heavy atom. The van der Waals surface area contributed by atoms with Crippen LogP contribution in [-0.4, -0.2) is 26.5 Å². The van der Waals surface area contributed by atoms with E-state index in [4.69, 9.17) is 11.6 Å². The largest absolute Gasteiger partial charge is 0.306 e. The minimum absolute atomic E-state index is 0.0965. The number of nitrogens with zero attached hydrogens (tertiary/aromatic N) is 4. The Morgan fingerprint density at radius 3 is 2.71 bits per heavy atom. The molecule has 7 nitrogen and oxygen atoms in total. The van der Waals surface area contributed by atoms with Gasteiger partial charge in [-0.05, 0) is 31.5 Å². The first-order valence-corrected chi connectivity index (χ1v) is 9.08. The highest BCUT2D eigenvalue weighted by atomic mass is 35.5. The lowest BCUT2D eigenvalue weighted by Crippen LogP contribution is -2.29. The summed E-state index contributed by atoms with van der Waals surface area (Å²) in [5.41, 5.74) is 5.70. The first kappa shape index (κ1) is 19.6. The van der Waals surface area contributed by atoms with Gasteiger partial charge in [0.1, 0.15) is 6.54 Å². The zero-order valence-corrected chi connectivity index (χ0v) is 16.3. The van der Waals surface area contributed by atoms with Crippen LogP contribution in [0.25, 0.3) is 0 Å². The molecule has 0 unspecified atom stereocenters. The summed E-state index contributed by atoms with van der Waals surface area (Å²) in [7, 11) is 0. The molecule has 0 aliphatic carbocycles. The molecule has 8 heteroatoms. The monoisotopic (exact) mass is 397 g/mol. The Morgan fingerprint density at radius 2 is 1.96 bits per heavy atom. The molecule has 1 amide bonds. The average Bonchev–Trinajstić information content (AvgIpc) is 2.93. The third-order valence-electron chi connectivity index (χ3n) is 4.31. The number of benzene rings is 1. The fraction of sp³-hybridized carbons (Fsp3) is 0.200. The van der Waals surface area contributed by atoms with Gasteiger partial charge in [-0.2, -0.15) is 10.2 Å². The predicted octanol–water partition coefficient (Wildman–Crippen LogP) is 2.51. The number of carbonyl (C=O) groups is 1. The maximum Gasteiger partial charge on any atom is 0.260 e. The van der Waals surface area contributed by atoms with Crippen molar-refractivity contribution in [3.8, 4) is 0 Å². The Hall–Kier alpha value is -3.19. The Labute approximate surface area is 167 Å². The van der Waals surface area contributed by atoms with E-state index in [0.29, 0.717) is 11.6 Å². The number of amides is 1. The fourth-order valence-corrected chi connectivity index (χ4v) is 2.99. The molecule has 0 fully saturated rings. The summed E-state index contributed by atoms with van der Waals surface area (Å²) in [6.07, 6.45) is 3.12. The van der Waals surface area contributed by atoms with Gasteiger partial charge in [-0.1, -0.05) is 35.9 Å². The molecule has 2 heterocycles. The second-order valence-corrected chi connectivity index (χ2v) is 6.70. The van der Waals surface area contributed by atoms with Gasteiger partial charge in [-0.15, -0.1) is 0 Å². The summed E-state index contributed by atoms with van der Waals surface area (Å²) >= 11 is 6.23. The lowest BCUT2D eigenvalue weighted by Gasteiger charge is -2.06. The van der Waals surface area contributed by atoms with Gasteiger partial charge in [0.25, 0.3) is 11.5 Å². The van der Waals surface area contributed by atoms with E-state index in [2.05, 4.69) is 15.6 Å². The molecule has 0 spiro atoms. The molecule has 1 N–H and O–H groups in total. The van der Waals surface area contributed by atoms with Crippen molar-refractivity contribution in [2.75, 3.05) is 0 Å². The Kier molecular flexibility index (Phi) is 6.06. The van der Waals surface area contributed by atoms with Crippen LogP contribution in [0.2, 0.25) is 5.02 Å². The maximum atomic E-state index is 12.0. The van der Waals surface area contributed by atoms with Crippen LogP contribution in [0.4, 0.5) is 0 Å². The van der Waals surface area contributed by atoms with Gasteiger partial charge >= 0.3 is 0 Å². The second-order valence-electron chi connectivity index (χ2n) is 6.29. The standard InChI is InChI=1S/C20H20ClN5O2/c1-14-17(11-22-23-19(27)13-25-10-6-5-9-20(25)28)15(2)26(24-14)12-16-7-3-4-8-18(16)21/h3-11H,12-13H2,1-2H3,(H,23,27)/b22-11-. The van der Waals surface area contributed by atoms with Gasteiger partial charge in [0, 0.05) is 28.5 Å². The normalized spacial score (nSPS) is 11.1. The molecule has 0 aliphatic heterocycles. The quantitative estimate of drug-likeness (QED) is 0.512. The van der Waals surface area contributed by atoms with Gasteiger partial charge in [0.15, 0.2) is 0 Å². The summed E-state index contributed by atoms with van der Waals surface area (Å²) in [6.45, 7) is 4.26. The molecule has 0 atom stereocenters. The first-order chi connectivity index (χ1) is 13.5. The van der Waals surface area contributed by atoms with Crippen molar-refractivity contribution < 1.29 is 4.79 Å². The van der Waals surface area contributed by atoms with E-state index < -0.39 is 0 Å². The third kappa shape index (κ3) is 4.55. The Balaban J connectivity index is 1.68. The lowest BCUT2D eigenvalue weighted by molar-refractivity contribution is -0.121. The van der Waals surface area contributed by atoms with Gasteiger partial charge in [0.2, 0.25) is 0 Å². The molecule has 0 radical (unpaired) electrons. The summed E-state index contributed by atoms with van der Waals surface area (Å²) in [5.74, 6) is -0.386. The summed E-state index contributed by atoms with van der Waals surface area (Å²) in [4.78, 5) is 23.6. The fourth-order valence-electron chi connectivity index (χ4n) is 2.79. The predicted molar refractivity (Wildman–Crippen MR) is 109 cm³/mol. The summed E-state index contributed by atoms with van der Waals surface area (Å²) in [5, 5.41) is 9.23. The van der Waals surface area contributed by atoms with E-state index in [0.717, 1.165) is 22.5 Å². The number of halogens is 1.